The van der Waals surface area contributed by atoms with E-state index in [2.05, 4.69) is 10.2 Å². The Morgan fingerprint density at radius 1 is 1.14 bits per heavy atom. The number of carbonyl (C=O) groups excluding carboxylic acids is 2. The number of ether oxygens (including phenoxy) is 1. The number of anilines is 1. The number of carbonyl (C=O) groups is 2. The van der Waals surface area contributed by atoms with Crippen LogP contribution in [0, 0.1) is 0 Å². The molecule has 10 heteroatoms. The van der Waals surface area contributed by atoms with Crippen molar-refractivity contribution in [3.05, 3.63) is 64.5 Å². The predicted molar refractivity (Wildman–Crippen MR) is 108 cm³/mol. The summed E-state index contributed by atoms with van der Waals surface area (Å²) in [5.74, 6) is 0.0723. The van der Waals surface area contributed by atoms with Crippen molar-refractivity contribution in [2.24, 2.45) is 0 Å². The highest BCUT2D eigenvalue weighted by atomic mass is 35.5. The molecule has 3 aromatic rings. The lowest BCUT2D eigenvalue weighted by molar-refractivity contribution is -0.121. The summed E-state index contributed by atoms with van der Waals surface area (Å²) in [6.07, 6.45) is 0.0625. The minimum atomic E-state index is -0.623. The first-order chi connectivity index (χ1) is 14.0. The zero-order valence-corrected chi connectivity index (χ0v) is 17.1. The molecule has 0 N–H and O–H groups in total. The Morgan fingerprint density at radius 3 is 2.69 bits per heavy atom. The van der Waals surface area contributed by atoms with Crippen LogP contribution in [-0.4, -0.2) is 27.3 Å². The maximum absolute atomic E-state index is 12.6. The zero-order chi connectivity index (χ0) is 20.4. The Balaban J connectivity index is 1.39. The molecule has 2 aromatic carbocycles. The van der Waals surface area contributed by atoms with Crippen molar-refractivity contribution >= 4 is 52.5 Å². The standard InChI is InChI=1S/C19H13Cl2N3O4S/c20-11-6-7-14(13(21)8-11)27-10-16-22-23-19(28-16)29-15-9-17(25)24(18(15)26)12-4-2-1-3-5-12/h1-8,15H,9-10H2. The summed E-state index contributed by atoms with van der Waals surface area (Å²) in [6.45, 7) is 0.00258. The molecule has 0 aliphatic carbocycles. The van der Waals surface area contributed by atoms with Crippen LogP contribution in [0.1, 0.15) is 12.3 Å². The summed E-state index contributed by atoms with van der Waals surface area (Å²) in [7, 11) is 0. The highest BCUT2D eigenvalue weighted by molar-refractivity contribution is 8.00. The van der Waals surface area contributed by atoms with Gasteiger partial charge in [-0.3, -0.25) is 9.59 Å². The maximum Gasteiger partial charge on any atom is 0.277 e. The lowest BCUT2D eigenvalue weighted by Crippen LogP contribution is -2.30. The summed E-state index contributed by atoms with van der Waals surface area (Å²) in [6, 6.07) is 13.6. The Labute approximate surface area is 179 Å². The van der Waals surface area contributed by atoms with Crippen molar-refractivity contribution in [3.8, 4) is 5.75 Å². The third kappa shape index (κ3) is 4.39. The Bertz CT molecular complexity index is 1060. The molecule has 1 aromatic heterocycles. The van der Waals surface area contributed by atoms with Crippen molar-refractivity contribution in [1.29, 1.82) is 0 Å². The van der Waals surface area contributed by atoms with Gasteiger partial charge in [0.05, 0.1) is 10.7 Å². The normalized spacial score (nSPS) is 16.5. The second-order valence-electron chi connectivity index (χ2n) is 6.04. The van der Waals surface area contributed by atoms with E-state index >= 15 is 0 Å². The van der Waals surface area contributed by atoms with Gasteiger partial charge >= 0.3 is 0 Å². The minimum absolute atomic E-state index is 0.00258. The number of thioether (sulfide) groups is 1. The van der Waals surface area contributed by atoms with Crippen LogP contribution in [0.2, 0.25) is 10.0 Å². The van der Waals surface area contributed by atoms with Crippen molar-refractivity contribution in [1.82, 2.24) is 10.2 Å². The molecule has 0 radical (unpaired) electrons. The Morgan fingerprint density at radius 2 is 1.93 bits per heavy atom. The van der Waals surface area contributed by atoms with E-state index in [-0.39, 0.29) is 36.0 Å². The van der Waals surface area contributed by atoms with E-state index in [9.17, 15) is 9.59 Å². The molecular weight excluding hydrogens is 437 g/mol. The molecule has 1 aliphatic rings. The van der Waals surface area contributed by atoms with Crippen LogP contribution < -0.4 is 9.64 Å². The number of imide groups is 1. The summed E-state index contributed by atoms with van der Waals surface area (Å²) in [4.78, 5) is 26.1. The van der Waals surface area contributed by atoms with Crippen LogP contribution in [0.5, 0.6) is 5.75 Å². The second kappa shape index (κ2) is 8.44. The highest BCUT2D eigenvalue weighted by Gasteiger charge is 2.41. The summed E-state index contributed by atoms with van der Waals surface area (Å²) < 4.78 is 11.1. The van der Waals surface area contributed by atoms with Crippen LogP contribution in [0.25, 0.3) is 0 Å². The van der Waals surface area contributed by atoms with Gasteiger partial charge in [-0.2, -0.15) is 0 Å². The number of aromatic nitrogens is 2. The van der Waals surface area contributed by atoms with Gasteiger partial charge in [-0.25, -0.2) is 4.90 Å². The molecule has 1 unspecified atom stereocenters. The van der Waals surface area contributed by atoms with Crippen LogP contribution >= 0.6 is 35.0 Å². The quantitative estimate of drug-likeness (QED) is 0.516. The molecule has 4 rings (SSSR count). The fraction of sp³-hybridized carbons (Fsp3) is 0.158. The van der Waals surface area contributed by atoms with E-state index in [0.717, 1.165) is 11.8 Å². The van der Waals surface area contributed by atoms with Crippen molar-refractivity contribution in [2.45, 2.75) is 23.5 Å². The number of hydrogen-bond donors (Lipinski definition) is 0. The molecule has 148 valence electrons. The molecule has 7 nitrogen and oxygen atoms in total. The largest absolute Gasteiger partial charge is 0.482 e. The van der Waals surface area contributed by atoms with E-state index in [1.165, 1.54) is 4.90 Å². The maximum atomic E-state index is 12.6. The number of rotatable bonds is 6. The van der Waals surface area contributed by atoms with Gasteiger partial charge < -0.3 is 9.15 Å². The number of nitrogens with zero attached hydrogens (tertiary/aromatic N) is 3. The molecule has 2 heterocycles. The fourth-order valence-corrected chi connectivity index (χ4v) is 4.11. The van der Waals surface area contributed by atoms with Crippen LogP contribution in [-0.2, 0) is 16.2 Å². The smallest absolute Gasteiger partial charge is 0.277 e. The molecule has 1 fully saturated rings. The molecule has 0 bridgehead atoms. The van der Waals surface area contributed by atoms with E-state index in [0.29, 0.717) is 21.5 Å². The zero-order valence-electron chi connectivity index (χ0n) is 14.7. The monoisotopic (exact) mass is 449 g/mol. The highest BCUT2D eigenvalue weighted by Crippen LogP contribution is 2.33. The molecule has 2 amide bonds. The molecule has 1 saturated heterocycles. The molecule has 1 aliphatic heterocycles. The number of halogens is 2. The van der Waals surface area contributed by atoms with E-state index in [1.54, 1.807) is 42.5 Å². The van der Waals surface area contributed by atoms with Gasteiger partial charge in [0.25, 0.3) is 11.1 Å². The van der Waals surface area contributed by atoms with Gasteiger partial charge in [0, 0.05) is 11.4 Å². The van der Waals surface area contributed by atoms with E-state index in [1.807, 2.05) is 6.07 Å². The molecule has 1 atom stereocenters. The number of benzene rings is 2. The first-order valence-corrected chi connectivity index (χ1v) is 10.1. The third-order valence-electron chi connectivity index (χ3n) is 4.06. The van der Waals surface area contributed by atoms with Gasteiger partial charge in [-0.05, 0) is 30.3 Å². The van der Waals surface area contributed by atoms with Gasteiger partial charge in [0.2, 0.25) is 11.8 Å². The number of amides is 2. The van der Waals surface area contributed by atoms with Crippen molar-refractivity contribution in [2.75, 3.05) is 4.90 Å². The minimum Gasteiger partial charge on any atom is -0.482 e. The first-order valence-electron chi connectivity index (χ1n) is 8.50. The average Bonchev–Trinajstić information content (AvgIpc) is 3.26. The number of hydrogen-bond acceptors (Lipinski definition) is 7. The topological polar surface area (TPSA) is 85.5 Å². The second-order valence-corrected chi connectivity index (χ2v) is 8.04. The van der Waals surface area contributed by atoms with Gasteiger partial charge in [0.1, 0.15) is 11.0 Å². The molecular formula is C19H13Cl2N3O4S. The van der Waals surface area contributed by atoms with E-state index < -0.39 is 5.25 Å². The van der Waals surface area contributed by atoms with Gasteiger partial charge in [-0.15, -0.1) is 10.2 Å². The van der Waals surface area contributed by atoms with Gasteiger partial charge in [0.15, 0.2) is 6.61 Å². The van der Waals surface area contributed by atoms with E-state index in [4.69, 9.17) is 32.4 Å². The molecule has 0 spiro atoms. The summed E-state index contributed by atoms with van der Waals surface area (Å²) >= 11 is 13.0. The predicted octanol–water partition coefficient (Wildman–Crippen LogP) is 4.38. The Kier molecular flexibility index (Phi) is 5.75. The fourth-order valence-electron chi connectivity index (χ4n) is 2.74. The van der Waals surface area contributed by atoms with Crippen molar-refractivity contribution in [3.63, 3.8) is 0 Å². The summed E-state index contributed by atoms with van der Waals surface area (Å²) in [5.41, 5.74) is 0.546. The third-order valence-corrected chi connectivity index (χ3v) is 5.61. The SMILES string of the molecule is O=C1CC(Sc2nnc(COc3ccc(Cl)cc3Cl)o2)C(=O)N1c1ccccc1. The molecule has 29 heavy (non-hydrogen) atoms. The summed E-state index contributed by atoms with van der Waals surface area (Å²) in [5, 5.41) is 8.24. The first kappa shape index (κ1) is 19.8. The van der Waals surface area contributed by atoms with Gasteiger partial charge in [-0.1, -0.05) is 53.2 Å². The molecule has 0 saturated carbocycles. The van der Waals surface area contributed by atoms with Crippen LogP contribution in [0.15, 0.2) is 58.2 Å². The Hall–Kier alpha value is -2.55. The van der Waals surface area contributed by atoms with Crippen LogP contribution in [0.4, 0.5) is 5.69 Å². The lowest BCUT2D eigenvalue weighted by atomic mass is 10.3. The number of para-hydroxylation sites is 1. The van der Waals surface area contributed by atoms with Crippen LogP contribution in [0.3, 0.4) is 0 Å². The average molecular weight is 450 g/mol. The van der Waals surface area contributed by atoms with Crippen molar-refractivity contribution < 1.29 is 18.7 Å². The lowest BCUT2D eigenvalue weighted by Gasteiger charge is -2.14.